The van der Waals surface area contributed by atoms with Crippen molar-refractivity contribution in [3.8, 4) is 0 Å². The van der Waals surface area contributed by atoms with Gasteiger partial charge >= 0.3 is 5.97 Å². The van der Waals surface area contributed by atoms with Crippen LogP contribution in [0.25, 0.3) is 0 Å². The van der Waals surface area contributed by atoms with E-state index in [1.165, 1.54) is 83.5 Å². The predicted molar refractivity (Wildman–Crippen MR) is 105 cm³/mol. The molecule has 0 aliphatic heterocycles. The lowest BCUT2D eigenvalue weighted by molar-refractivity contribution is -0.143. The molecule has 142 valence electrons. The molecule has 2 heteroatoms. The average Bonchev–Trinajstić information content (AvgIpc) is 2.58. The first-order valence-corrected chi connectivity index (χ1v) is 10.6. The van der Waals surface area contributed by atoms with E-state index in [4.69, 9.17) is 4.74 Å². The van der Waals surface area contributed by atoms with Crippen LogP contribution in [0, 0.1) is 0 Å². The third kappa shape index (κ3) is 19.3. The molecule has 0 fully saturated rings. The molecule has 2 nitrogen and oxygen atoms in total. The van der Waals surface area contributed by atoms with Gasteiger partial charge in [-0.25, -0.2) is 0 Å². The maximum absolute atomic E-state index is 11.2. The van der Waals surface area contributed by atoms with E-state index < -0.39 is 0 Å². The van der Waals surface area contributed by atoms with E-state index in [1.54, 1.807) is 0 Å². The Morgan fingerprint density at radius 1 is 0.667 bits per heavy atom. The molecular weight excluding hydrogens is 296 g/mol. The Morgan fingerprint density at radius 2 is 1.12 bits per heavy atom. The number of allylic oxidation sites excluding steroid dienone is 2. The SMILES string of the molecule is CCCCCCCCC/C=C\CCCCCCCCC(=O)OCC. The Labute approximate surface area is 151 Å². The molecule has 0 bridgehead atoms. The molecule has 0 unspecified atom stereocenters. The van der Waals surface area contributed by atoms with Crippen LogP contribution in [0.2, 0.25) is 0 Å². The van der Waals surface area contributed by atoms with Crippen LogP contribution in [0.5, 0.6) is 0 Å². The molecule has 0 aromatic heterocycles. The molecule has 0 aliphatic rings. The lowest BCUT2D eigenvalue weighted by Crippen LogP contribution is -2.03. The fourth-order valence-electron chi connectivity index (χ4n) is 2.93. The Morgan fingerprint density at radius 3 is 1.62 bits per heavy atom. The summed E-state index contributed by atoms with van der Waals surface area (Å²) < 4.78 is 4.92. The third-order valence-corrected chi connectivity index (χ3v) is 4.45. The Balaban J connectivity index is 3.12. The number of unbranched alkanes of at least 4 members (excludes halogenated alkanes) is 13. The van der Waals surface area contributed by atoms with Gasteiger partial charge in [0.25, 0.3) is 0 Å². The largest absolute Gasteiger partial charge is 0.466 e. The first kappa shape index (κ1) is 23.2. The van der Waals surface area contributed by atoms with Crippen molar-refractivity contribution in [2.45, 2.75) is 117 Å². The molecule has 0 N–H and O–H groups in total. The molecule has 0 radical (unpaired) electrons. The van der Waals surface area contributed by atoms with Crippen molar-refractivity contribution in [1.82, 2.24) is 0 Å². The minimum atomic E-state index is -0.0383. The number of ether oxygens (including phenoxy) is 1. The first-order chi connectivity index (χ1) is 11.8. The summed E-state index contributed by atoms with van der Waals surface area (Å²) in [6.45, 7) is 4.64. The van der Waals surface area contributed by atoms with Gasteiger partial charge in [0.15, 0.2) is 0 Å². The Kier molecular flexibility index (Phi) is 19.6. The van der Waals surface area contributed by atoms with Gasteiger partial charge in [-0.1, -0.05) is 83.3 Å². The zero-order chi connectivity index (χ0) is 17.7. The normalized spacial score (nSPS) is 11.2. The molecule has 0 heterocycles. The molecule has 24 heavy (non-hydrogen) atoms. The molecule has 0 spiro atoms. The van der Waals surface area contributed by atoms with Crippen LogP contribution in [-0.4, -0.2) is 12.6 Å². The summed E-state index contributed by atoms with van der Waals surface area (Å²) >= 11 is 0. The standard InChI is InChI=1S/C22H42O2/c1-3-5-6-7-8-9-10-11-12-13-14-15-16-17-18-19-20-21-22(23)24-4-2/h12-13H,3-11,14-21H2,1-2H3/b13-12-. The van der Waals surface area contributed by atoms with Crippen molar-refractivity contribution in [2.75, 3.05) is 6.61 Å². The quantitative estimate of drug-likeness (QED) is 0.148. The summed E-state index contributed by atoms with van der Waals surface area (Å²) in [5.41, 5.74) is 0. The number of hydrogen-bond acceptors (Lipinski definition) is 2. The summed E-state index contributed by atoms with van der Waals surface area (Å²) in [5, 5.41) is 0. The summed E-state index contributed by atoms with van der Waals surface area (Å²) in [4.78, 5) is 11.2. The highest BCUT2D eigenvalue weighted by Gasteiger charge is 2.00. The van der Waals surface area contributed by atoms with E-state index in [0.29, 0.717) is 13.0 Å². The van der Waals surface area contributed by atoms with Crippen LogP contribution in [0.3, 0.4) is 0 Å². The third-order valence-electron chi connectivity index (χ3n) is 4.45. The van der Waals surface area contributed by atoms with E-state index in [0.717, 1.165) is 12.8 Å². The van der Waals surface area contributed by atoms with Gasteiger partial charge in [0.05, 0.1) is 6.61 Å². The topological polar surface area (TPSA) is 26.3 Å². The lowest BCUT2D eigenvalue weighted by Gasteiger charge is -2.02. The minimum absolute atomic E-state index is 0.0383. The van der Waals surface area contributed by atoms with Gasteiger partial charge in [-0.2, -0.15) is 0 Å². The van der Waals surface area contributed by atoms with Crippen molar-refractivity contribution in [2.24, 2.45) is 0 Å². The van der Waals surface area contributed by atoms with Crippen LogP contribution in [0.1, 0.15) is 117 Å². The van der Waals surface area contributed by atoms with Crippen molar-refractivity contribution in [1.29, 1.82) is 0 Å². The number of rotatable bonds is 18. The van der Waals surface area contributed by atoms with Gasteiger partial charge in [-0.05, 0) is 39.0 Å². The highest BCUT2D eigenvalue weighted by molar-refractivity contribution is 5.69. The van der Waals surface area contributed by atoms with Crippen LogP contribution in [0.4, 0.5) is 0 Å². The monoisotopic (exact) mass is 338 g/mol. The van der Waals surface area contributed by atoms with Gasteiger partial charge < -0.3 is 4.74 Å². The van der Waals surface area contributed by atoms with E-state index in [2.05, 4.69) is 19.1 Å². The Hall–Kier alpha value is -0.790. The molecule has 0 rings (SSSR count). The highest BCUT2D eigenvalue weighted by atomic mass is 16.5. The van der Waals surface area contributed by atoms with Gasteiger partial charge in [0, 0.05) is 6.42 Å². The van der Waals surface area contributed by atoms with Crippen LogP contribution in [-0.2, 0) is 9.53 Å². The minimum Gasteiger partial charge on any atom is -0.466 e. The smallest absolute Gasteiger partial charge is 0.305 e. The van der Waals surface area contributed by atoms with Crippen LogP contribution < -0.4 is 0 Å². The average molecular weight is 339 g/mol. The predicted octanol–water partition coefficient (Wildman–Crippen LogP) is 7.37. The van der Waals surface area contributed by atoms with Crippen molar-refractivity contribution in [3.63, 3.8) is 0 Å². The number of hydrogen-bond donors (Lipinski definition) is 0. The zero-order valence-corrected chi connectivity index (χ0v) is 16.5. The molecule has 0 aromatic rings. The maximum Gasteiger partial charge on any atom is 0.305 e. The van der Waals surface area contributed by atoms with Gasteiger partial charge in [-0.3, -0.25) is 4.79 Å². The molecule has 0 saturated carbocycles. The molecule has 0 aliphatic carbocycles. The molecule has 0 atom stereocenters. The van der Waals surface area contributed by atoms with Gasteiger partial charge in [-0.15, -0.1) is 0 Å². The van der Waals surface area contributed by atoms with E-state index in [1.807, 2.05) is 6.92 Å². The van der Waals surface area contributed by atoms with E-state index in [9.17, 15) is 4.79 Å². The first-order valence-electron chi connectivity index (χ1n) is 10.6. The summed E-state index contributed by atoms with van der Waals surface area (Å²) in [6.07, 6.45) is 25.0. The van der Waals surface area contributed by atoms with Crippen LogP contribution >= 0.6 is 0 Å². The molecule has 0 aromatic carbocycles. The van der Waals surface area contributed by atoms with Crippen molar-refractivity contribution < 1.29 is 9.53 Å². The van der Waals surface area contributed by atoms with E-state index in [-0.39, 0.29) is 5.97 Å². The van der Waals surface area contributed by atoms with Crippen LogP contribution in [0.15, 0.2) is 12.2 Å². The molecule has 0 saturated heterocycles. The maximum atomic E-state index is 11.2. The van der Waals surface area contributed by atoms with E-state index >= 15 is 0 Å². The summed E-state index contributed by atoms with van der Waals surface area (Å²) in [6, 6.07) is 0. The number of carbonyl (C=O) groups is 1. The lowest BCUT2D eigenvalue weighted by atomic mass is 10.1. The second-order valence-electron chi connectivity index (χ2n) is 6.85. The molecular formula is C22H42O2. The fraction of sp³-hybridized carbons (Fsp3) is 0.864. The highest BCUT2D eigenvalue weighted by Crippen LogP contribution is 2.11. The Bertz CT molecular complexity index is 284. The summed E-state index contributed by atoms with van der Waals surface area (Å²) in [5.74, 6) is -0.0383. The van der Waals surface area contributed by atoms with Gasteiger partial charge in [0.2, 0.25) is 0 Å². The van der Waals surface area contributed by atoms with Crippen molar-refractivity contribution in [3.05, 3.63) is 12.2 Å². The van der Waals surface area contributed by atoms with Crippen molar-refractivity contribution >= 4 is 5.97 Å². The fourth-order valence-corrected chi connectivity index (χ4v) is 2.93. The van der Waals surface area contributed by atoms with Gasteiger partial charge in [0.1, 0.15) is 0 Å². The zero-order valence-electron chi connectivity index (χ0n) is 16.5. The summed E-state index contributed by atoms with van der Waals surface area (Å²) in [7, 11) is 0. The number of carbonyl (C=O) groups excluding carboxylic acids is 1. The number of esters is 1. The second-order valence-corrected chi connectivity index (χ2v) is 6.85. The second kappa shape index (κ2) is 20.3. The molecule has 0 amide bonds.